The summed E-state index contributed by atoms with van der Waals surface area (Å²) in [6.45, 7) is 4.64. The lowest BCUT2D eigenvalue weighted by Crippen LogP contribution is -2.13. The summed E-state index contributed by atoms with van der Waals surface area (Å²) in [6.07, 6.45) is 1.79. The van der Waals surface area contributed by atoms with Crippen LogP contribution in [-0.2, 0) is 11.2 Å². The van der Waals surface area contributed by atoms with Gasteiger partial charge in [0.2, 0.25) is 0 Å². The van der Waals surface area contributed by atoms with Gasteiger partial charge in [-0.15, -0.1) is 0 Å². The molecule has 1 rings (SSSR count). The molecule has 0 aliphatic carbocycles. The number of ether oxygens (including phenoxy) is 1. The minimum Gasteiger partial charge on any atom is -0.478 e. The van der Waals surface area contributed by atoms with E-state index in [1.807, 2.05) is 38.1 Å². The monoisotopic (exact) mass is 265 g/mol. The number of aromatic carboxylic acids is 1. The second kappa shape index (κ2) is 7.14. The molecule has 0 spiro atoms. The fourth-order valence-corrected chi connectivity index (χ4v) is 1.76. The molecule has 1 unspecified atom stereocenters. The zero-order chi connectivity index (χ0) is 14.4. The molecule has 0 amide bonds. The lowest BCUT2D eigenvalue weighted by atomic mass is 10.0. The van der Waals surface area contributed by atoms with E-state index in [0.29, 0.717) is 18.6 Å². The van der Waals surface area contributed by atoms with Crippen LogP contribution in [0.1, 0.15) is 36.2 Å². The Balaban J connectivity index is 2.83. The van der Waals surface area contributed by atoms with Crippen molar-refractivity contribution in [1.29, 1.82) is 0 Å². The fraction of sp³-hybridized carbons (Fsp3) is 0.533. The number of hydrogen-bond donors (Lipinski definition) is 1. The maximum absolute atomic E-state index is 11.2. The Hall–Kier alpha value is -1.55. The second-order valence-electron chi connectivity index (χ2n) is 4.88. The maximum atomic E-state index is 11.2. The van der Waals surface area contributed by atoms with E-state index in [1.54, 1.807) is 6.07 Å². The van der Waals surface area contributed by atoms with Gasteiger partial charge in [-0.05, 0) is 43.5 Å². The highest BCUT2D eigenvalue weighted by atomic mass is 16.5. The van der Waals surface area contributed by atoms with Gasteiger partial charge in [-0.25, -0.2) is 4.79 Å². The molecular weight excluding hydrogens is 242 g/mol. The van der Waals surface area contributed by atoms with E-state index in [9.17, 15) is 9.90 Å². The molecule has 0 saturated carbocycles. The molecule has 4 heteroatoms. The maximum Gasteiger partial charge on any atom is 0.335 e. The van der Waals surface area contributed by atoms with E-state index in [1.165, 1.54) is 0 Å². The van der Waals surface area contributed by atoms with Crippen molar-refractivity contribution in [2.24, 2.45) is 0 Å². The molecule has 0 bridgehead atoms. The van der Waals surface area contributed by atoms with E-state index in [4.69, 9.17) is 4.74 Å². The first-order valence-corrected chi connectivity index (χ1v) is 6.60. The van der Waals surface area contributed by atoms with Crippen LogP contribution in [-0.4, -0.2) is 37.9 Å². The number of hydrogen-bond acceptors (Lipinski definition) is 3. The molecule has 1 N–H and O–H groups in total. The van der Waals surface area contributed by atoms with E-state index in [2.05, 4.69) is 6.92 Å². The molecule has 0 fully saturated rings. The first-order chi connectivity index (χ1) is 8.95. The molecule has 0 aliphatic rings. The van der Waals surface area contributed by atoms with Crippen molar-refractivity contribution in [3.05, 3.63) is 29.3 Å². The number of anilines is 1. The summed E-state index contributed by atoms with van der Waals surface area (Å²) in [5, 5.41) is 9.20. The van der Waals surface area contributed by atoms with Gasteiger partial charge in [0, 0.05) is 19.8 Å². The molecule has 0 radical (unpaired) electrons. The van der Waals surface area contributed by atoms with Crippen LogP contribution in [0.15, 0.2) is 18.2 Å². The van der Waals surface area contributed by atoms with Crippen molar-refractivity contribution >= 4 is 11.7 Å². The van der Waals surface area contributed by atoms with Crippen molar-refractivity contribution in [2.75, 3.05) is 25.6 Å². The summed E-state index contributed by atoms with van der Waals surface area (Å²) >= 11 is 0. The van der Waals surface area contributed by atoms with Gasteiger partial charge < -0.3 is 14.7 Å². The van der Waals surface area contributed by atoms with Crippen LogP contribution in [0.3, 0.4) is 0 Å². The fourth-order valence-electron chi connectivity index (χ4n) is 1.76. The summed E-state index contributed by atoms with van der Waals surface area (Å²) < 4.78 is 5.62. The molecule has 0 heterocycles. The molecule has 0 saturated heterocycles. The first-order valence-electron chi connectivity index (χ1n) is 6.60. The smallest absolute Gasteiger partial charge is 0.335 e. The van der Waals surface area contributed by atoms with Gasteiger partial charge in [-0.3, -0.25) is 0 Å². The third-order valence-electron chi connectivity index (χ3n) is 3.18. The van der Waals surface area contributed by atoms with Crippen LogP contribution in [0, 0.1) is 0 Å². The van der Waals surface area contributed by atoms with Crippen LogP contribution in [0.4, 0.5) is 5.69 Å². The highest BCUT2D eigenvalue weighted by Crippen LogP contribution is 2.19. The molecule has 106 valence electrons. The van der Waals surface area contributed by atoms with Crippen LogP contribution < -0.4 is 4.90 Å². The van der Waals surface area contributed by atoms with Crippen molar-refractivity contribution in [2.45, 2.75) is 32.8 Å². The van der Waals surface area contributed by atoms with Crippen molar-refractivity contribution in [3.8, 4) is 0 Å². The predicted molar refractivity (Wildman–Crippen MR) is 77.1 cm³/mol. The van der Waals surface area contributed by atoms with E-state index in [-0.39, 0.29) is 6.10 Å². The summed E-state index contributed by atoms with van der Waals surface area (Å²) in [7, 11) is 3.88. The Labute approximate surface area is 115 Å². The minimum absolute atomic E-state index is 0.213. The highest BCUT2D eigenvalue weighted by molar-refractivity contribution is 5.90. The number of rotatable bonds is 7. The lowest BCUT2D eigenvalue weighted by molar-refractivity contribution is 0.0648. The number of carbonyl (C=O) groups is 1. The Morgan fingerprint density at radius 2 is 2.11 bits per heavy atom. The van der Waals surface area contributed by atoms with Crippen LogP contribution in [0.5, 0.6) is 0 Å². The molecule has 1 aromatic carbocycles. The summed E-state index contributed by atoms with van der Waals surface area (Å²) in [5.41, 5.74) is 2.18. The number of benzene rings is 1. The van der Waals surface area contributed by atoms with E-state index in [0.717, 1.165) is 17.7 Å². The lowest BCUT2D eigenvalue weighted by Gasteiger charge is -2.16. The predicted octanol–water partition coefficient (Wildman–Crippen LogP) is 2.81. The van der Waals surface area contributed by atoms with Gasteiger partial charge in [-0.1, -0.05) is 6.92 Å². The average molecular weight is 265 g/mol. The Morgan fingerprint density at radius 1 is 1.42 bits per heavy atom. The van der Waals surface area contributed by atoms with Crippen LogP contribution >= 0.6 is 0 Å². The molecule has 0 aliphatic heterocycles. The SMILES string of the molecule is CCC(C)OCCc1cc(N(C)C)ccc1C(=O)O. The first kappa shape index (κ1) is 15.5. The summed E-state index contributed by atoms with van der Waals surface area (Å²) in [5.74, 6) is -0.885. The molecular formula is C15H23NO3. The summed E-state index contributed by atoms with van der Waals surface area (Å²) in [4.78, 5) is 13.2. The Bertz CT molecular complexity index is 429. The average Bonchev–Trinajstić information content (AvgIpc) is 2.37. The molecule has 19 heavy (non-hydrogen) atoms. The number of carboxylic acid groups (broad SMARTS) is 1. The Morgan fingerprint density at radius 3 is 2.63 bits per heavy atom. The van der Waals surface area contributed by atoms with Gasteiger partial charge >= 0.3 is 5.97 Å². The molecule has 0 aromatic heterocycles. The highest BCUT2D eigenvalue weighted by Gasteiger charge is 2.11. The van der Waals surface area contributed by atoms with Crippen molar-refractivity contribution < 1.29 is 14.6 Å². The zero-order valence-electron chi connectivity index (χ0n) is 12.1. The number of nitrogens with zero attached hydrogens (tertiary/aromatic N) is 1. The second-order valence-corrected chi connectivity index (χ2v) is 4.88. The van der Waals surface area contributed by atoms with Gasteiger partial charge in [0.15, 0.2) is 0 Å². The summed E-state index contributed by atoms with van der Waals surface area (Å²) in [6, 6.07) is 5.40. The quantitative estimate of drug-likeness (QED) is 0.823. The van der Waals surface area contributed by atoms with E-state index >= 15 is 0 Å². The van der Waals surface area contributed by atoms with Crippen molar-refractivity contribution in [3.63, 3.8) is 0 Å². The minimum atomic E-state index is -0.885. The topological polar surface area (TPSA) is 49.8 Å². The van der Waals surface area contributed by atoms with E-state index < -0.39 is 5.97 Å². The Kier molecular flexibility index (Phi) is 5.83. The number of carboxylic acids is 1. The van der Waals surface area contributed by atoms with Crippen LogP contribution in [0.25, 0.3) is 0 Å². The zero-order valence-corrected chi connectivity index (χ0v) is 12.1. The van der Waals surface area contributed by atoms with Gasteiger partial charge in [0.1, 0.15) is 0 Å². The third-order valence-corrected chi connectivity index (χ3v) is 3.18. The normalized spacial score (nSPS) is 12.2. The van der Waals surface area contributed by atoms with Gasteiger partial charge in [0.25, 0.3) is 0 Å². The van der Waals surface area contributed by atoms with Gasteiger partial charge in [-0.2, -0.15) is 0 Å². The standard InChI is InChI=1S/C15H23NO3/c1-5-11(2)19-9-8-12-10-13(16(3)4)6-7-14(12)15(17)18/h6-7,10-11H,5,8-9H2,1-4H3,(H,17,18). The molecule has 1 aromatic rings. The molecule has 4 nitrogen and oxygen atoms in total. The van der Waals surface area contributed by atoms with Gasteiger partial charge in [0.05, 0.1) is 18.3 Å². The largest absolute Gasteiger partial charge is 0.478 e. The van der Waals surface area contributed by atoms with Crippen LogP contribution in [0.2, 0.25) is 0 Å². The molecule has 1 atom stereocenters. The van der Waals surface area contributed by atoms with Crippen molar-refractivity contribution in [1.82, 2.24) is 0 Å². The third kappa shape index (κ3) is 4.56.